The van der Waals surface area contributed by atoms with Crippen LogP contribution in [0.25, 0.3) is 0 Å². The molecule has 2 amide bonds. The van der Waals surface area contributed by atoms with Crippen LogP contribution in [-0.4, -0.2) is 95.1 Å². The van der Waals surface area contributed by atoms with Crippen molar-refractivity contribution < 1.29 is 38.1 Å². The van der Waals surface area contributed by atoms with Crippen LogP contribution in [0.1, 0.15) is 59.3 Å². The molecule has 0 aliphatic heterocycles. The van der Waals surface area contributed by atoms with E-state index in [1.807, 2.05) is 13.8 Å². The number of rotatable bonds is 19. The molecule has 1 aliphatic rings. The number of nitrogens with one attached hydrogen (secondary N) is 2. The molecule has 0 saturated heterocycles. The molecule has 0 aromatic heterocycles. The summed E-state index contributed by atoms with van der Waals surface area (Å²) in [5.74, 6) is -0.144. The normalized spacial score (nSPS) is 17.1. The van der Waals surface area contributed by atoms with E-state index in [2.05, 4.69) is 23.3 Å². The first kappa shape index (κ1) is 33.6. The van der Waals surface area contributed by atoms with Crippen molar-refractivity contribution >= 4 is 30.4 Å². The van der Waals surface area contributed by atoms with Crippen molar-refractivity contribution in [1.82, 2.24) is 10.6 Å². The molecule has 11 heteroatoms. The van der Waals surface area contributed by atoms with E-state index in [-0.39, 0.29) is 37.2 Å². The van der Waals surface area contributed by atoms with E-state index in [1.165, 1.54) is 6.92 Å². The summed E-state index contributed by atoms with van der Waals surface area (Å²) in [6.07, 6.45) is 4.00. The molecule has 0 unspecified atom stereocenters. The standard InChI is InChI=1S/C22H40N2O8S.C2H6/c1-18(25)2-7-21(26)23-8-9-28-10-11-29-12-13-30-14-15-31-16-17-32-22(27)24-19-3-5-20(33)6-4-19;1-2/h19-20,33H,2-17H2,1H3,(H,23,26)(H,24,27);1-2H3. The second-order valence-electron chi connectivity index (χ2n) is 7.79. The molecule has 1 rings (SSSR count). The highest BCUT2D eigenvalue weighted by molar-refractivity contribution is 7.80. The fourth-order valence-electron chi connectivity index (χ4n) is 3.02. The Kier molecular flexibility index (Phi) is 23.3. The average Bonchev–Trinajstić information content (AvgIpc) is 2.85. The molecule has 0 radical (unpaired) electrons. The van der Waals surface area contributed by atoms with Crippen LogP contribution >= 0.6 is 12.6 Å². The van der Waals surface area contributed by atoms with Crippen molar-refractivity contribution in [2.75, 3.05) is 66.0 Å². The summed E-state index contributed by atoms with van der Waals surface area (Å²) in [5.41, 5.74) is 0. The fourth-order valence-corrected chi connectivity index (χ4v) is 3.32. The van der Waals surface area contributed by atoms with Gasteiger partial charge in [0.2, 0.25) is 5.91 Å². The highest BCUT2D eigenvalue weighted by Crippen LogP contribution is 2.22. The summed E-state index contributed by atoms with van der Waals surface area (Å²) in [7, 11) is 0. The Morgan fingerprint density at radius 2 is 1.23 bits per heavy atom. The van der Waals surface area contributed by atoms with E-state index in [1.54, 1.807) is 0 Å². The number of thiol groups is 1. The number of ether oxygens (including phenoxy) is 5. The van der Waals surface area contributed by atoms with Crippen LogP contribution in [0.2, 0.25) is 0 Å². The number of Topliss-reactive ketones (excluding diaryl/α,β-unsaturated/α-hetero) is 1. The van der Waals surface area contributed by atoms with Crippen LogP contribution < -0.4 is 10.6 Å². The van der Waals surface area contributed by atoms with Gasteiger partial charge in [0, 0.05) is 30.7 Å². The van der Waals surface area contributed by atoms with E-state index in [9.17, 15) is 14.4 Å². The Balaban J connectivity index is 0.00000562. The number of carbonyl (C=O) groups is 3. The lowest BCUT2D eigenvalue weighted by Gasteiger charge is -2.26. The van der Waals surface area contributed by atoms with Gasteiger partial charge >= 0.3 is 6.09 Å². The molecule has 1 fully saturated rings. The third kappa shape index (κ3) is 22.8. The molecule has 0 heterocycles. The second-order valence-corrected chi connectivity index (χ2v) is 8.52. The van der Waals surface area contributed by atoms with Gasteiger partial charge < -0.3 is 39.1 Å². The van der Waals surface area contributed by atoms with Crippen LogP contribution in [0.3, 0.4) is 0 Å². The topological polar surface area (TPSA) is 121 Å². The molecular weight excluding hydrogens is 476 g/mol. The highest BCUT2D eigenvalue weighted by atomic mass is 32.1. The van der Waals surface area contributed by atoms with Gasteiger partial charge in [-0.2, -0.15) is 12.6 Å². The van der Waals surface area contributed by atoms with Crippen LogP contribution in [0.4, 0.5) is 4.79 Å². The van der Waals surface area contributed by atoms with Gasteiger partial charge in [0.05, 0.1) is 52.9 Å². The van der Waals surface area contributed by atoms with E-state index in [0.717, 1.165) is 25.7 Å². The quantitative estimate of drug-likeness (QED) is 0.175. The third-order valence-electron chi connectivity index (χ3n) is 4.87. The lowest BCUT2D eigenvalue weighted by molar-refractivity contribution is -0.124. The zero-order valence-electron chi connectivity index (χ0n) is 21.7. The molecule has 0 atom stereocenters. The first-order valence-electron chi connectivity index (χ1n) is 12.7. The van der Waals surface area contributed by atoms with Crippen molar-refractivity contribution in [2.24, 2.45) is 0 Å². The maximum atomic E-state index is 11.7. The van der Waals surface area contributed by atoms with Gasteiger partial charge in [-0.05, 0) is 32.6 Å². The first-order valence-corrected chi connectivity index (χ1v) is 13.2. The van der Waals surface area contributed by atoms with Crippen molar-refractivity contribution in [1.29, 1.82) is 0 Å². The van der Waals surface area contributed by atoms with E-state index in [0.29, 0.717) is 64.6 Å². The Morgan fingerprint density at radius 1 is 0.743 bits per heavy atom. The molecule has 1 aliphatic carbocycles. The number of hydrogen-bond acceptors (Lipinski definition) is 9. The molecule has 206 valence electrons. The highest BCUT2D eigenvalue weighted by Gasteiger charge is 2.20. The fraction of sp³-hybridized carbons (Fsp3) is 0.875. The maximum Gasteiger partial charge on any atom is 0.407 e. The van der Waals surface area contributed by atoms with E-state index < -0.39 is 6.09 Å². The SMILES string of the molecule is CC.CC(=O)CCC(=O)NCCOCCOCCOCCOCCOC(=O)NC1CCC(S)CC1. The Morgan fingerprint density at radius 3 is 1.74 bits per heavy atom. The summed E-state index contributed by atoms with van der Waals surface area (Å²) in [6.45, 7) is 9.41. The number of amides is 2. The van der Waals surface area contributed by atoms with Crippen molar-refractivity contribution in [2.45, 2.75) is 70.6 Å². The molecule has 2 N–H and O–H groups in total. The summed E-state index contributed by atoms with van der Waals surface area (Å²) in [6, 6.07) is 0.182. The first-order chi connectivity index (χ1) is 17.0. The summed E-state index contributed by atoms with van der Waals surface area (Å²) in [4.78, 5) is 33.9. The van der Waals surface area contributed by atoms with Gasteiger partial charge in [0.25, 0.3) is 0 Å². The van der Waals surface area contributed by atoms with E-state index in [4.69, 9.17) is 23.7 Å². The zero-order chi connectivity index (χ0) is 26.2. The molecule has 35 heavy (non-hydrogen) atoms. The summed E-state index contributed by atoms with van der Waals surface area (Å²) >= 11 is 4.45. The molecule has 0 aromatic carbocycles. The number of ketones is 1. The minimum atomic E-state index is -0.395. The predicted molar refractivity (Wildman–Crippen MR) is 137 cm³/mol. The molecule has 10 nitrogen and oxygen atoms in total. The molecule has 0 bridgehead atoms. The lowest BCUT2D eigenvalue weighted by Crippen LogP contribution is -2.38. The van der Waals surface area contributed by atoms with Gasteiger partial charge in [-0.1, -0.05) is 13.8 Å². The van der Waals surface area contributed by atoms with Gasteiger partial charge in [-0.15, -0.1) is 0 Å². The van der Waals surface area contributed by atoms with Gasteiger partial charge in [-0.25, -0.2) is 4.79 Å². The third-order valence-corrected chi connectivity index (χ3v) is 5.38. The maximum absolute atomic E-state index is 11.7. The smallest absolute Gasteiger partial charge is 0.407 e. The van der Waals surface area contributed by atoms with Crippen molar-refractivity contribution in [3.63, 3.8) is 0 Å². The van der Waals surface area contributed by atoms with Gasteiger partial charge in [0.1, 0.15) is 12.4 Å². The average molecular weight is 523 g/mol. The molecule has 0 spiro atoms. The van der Waals surface area contributed by atoms with Crippen LogP contribution in [-0.2, 0) is 33.3 Å². The largest absolute Gasteiger partial charge is 0.447 e. The van der Waals surface area contributed by atoms with Crippen LogP contribution in [0.15, 0.2) is 0 Å². The van der Waals surface area contributed by atoms with Gasteiger partial charge in [-0.3, -0.25) is 4.79 Å². The Labute approximate surface area is 215 Å². The van der Waals surface area contributed by atoms with Crippen molar-refractivity contribution in [3.8, 4) is 0 Å². The number of hydrogen-bond donors (Lipinski definition) is 3. The lowest BCUT2D eigenvalue weighted by atomic mass is 9.95. The molecule has 0 aromatic rings. The summed E-state index contributed by atoms with van der Waals surface area (Å²) in [5, 5.41) is 6.00. The monoisotopic (exact) mass is 522 g/mol. The minimum absolute atomic E-state index is 0.00307. The summed E-state index contributed by atoms with van der Waals surface area (Å²) < 4.78 is 26.6. The van der Waals surface area contributed by atoms with Crippen LogP contribution in [0, 0.1) is 0 Å². The Bertz CT molecular complexity index is 546. The minimum Gasteiger partial charge on any atom is -0.447 e. The van der Waals surface area contributed by atoms with Crippen LogP contribution in [0.5, 0.6) is 0 Å². The second kappa shape index (κ2) is 24.3. The van der Waals surface area contributed by atoms with Gasteiger partial charge in [0.15, 0.2) is 0 Å². The number of alkyl carbamates (subject to hydrolysis) is 1. The molecule has 1 saturated carbocycles. The van der Waals surface area contributed by atoms with E-state index >= 15 is 0 Å². The predicted octanol–water partition coefficient (Wildman–Crippen LogP) is 2.53. The van der Waals surface area contributed by atoms with Crippen molar-refractivity contribution in [3.05, 3.63) is 0 Å². The molecular formula is C24H46N2O8S. The Hall–Kier alpha value is -1.40. The zero-order valence-corrected chi connectivity index (χ0v) is 22.6. The number of carbonyl (C=O) groups excluding carboxylic acids is 3.